The van der Waals surface area contributed by atoms with Crippen molar-refractivity contribution in [3.63, 3.8) is 0 Å². The van der Waals surface area contributed by atoms with Gasteiger partial charge in [-0.2, -0.15) is 0 Å². The van der Waals surface area contributed by atoms with Crippen LogP contribution in [0.15, 0.2) is 42.5 Å². The van der Waals surface area contributed by atoms with Gasteiger partial charge in [-0.1, -0.05) is 42.3 Å². The smallest absolute Gasteiger partial charge is 0.244 e. The summed E-state index contributed by atoms with van der Waals surface area (Å²) in [5.41, 5.74) is 0.674. The van der Waals surface area contributed by atoms with Crippen LogP contribution in [-0.4, -0.2) is 50.5 Å². The number of anilines is 1. The number of hydrogen-bond acceptors (Lipinski definition) is 4. The van der Waals surface area contributed by atoms with Crippen LogP contribution in [-0.2, 0) is 26.2 Å². The van der Waals surface area contributed by atoms with Gasteiger partial charge in [-0.25, -0.2) is 12.8 Å². The Morgan fingerprint density at radius 2 is 1.73 bits per heavy atom. The normalized spacial score (nSPS) is 12.2. The highest BCUT2D eigenvalue weighted by Crippen LogP contribution is 2.30. The molecule has 0 fully saturated rings. The number of halogens is 3. The molecule has 0 saturated heterocycles. The maximum atomic E-state index is 13.4. The fraction of sp³-hybridized carbons (Fsp3) is 0.364. The predicted octanol–water partition coefficient (Wildman–Crippen LogP) is 3.84. The van der Waals surface area contributed by atoms with E-state index >= 15 is 0 Å². The van der Waals surface area contributed by atoms with Crippen molar-refractivity contribution in [2.75, 3.05) is 23.7 Å². The lowest BCUT2D eigenvalue weighted by atomic mass is 10.1. The molecule has 0 heterocycles. The van der Waals surface area contributed by atoms with Crippen LogP contribution in [0.25, 0.3) is 0 Å². The van der Waals surface area contributed by atoms with Crippen LogP contribution in [0.5, 0.6) is 0 Å². The van der Waals surface area contributed by atoms with Crippen molar-refractivity contribution in [2.24, 2.45) is 0 Å². The summed E-state index contributed by atoms with van der Waals surface area (Å²) in [6.45, 7) is 3.27. The second-order valence-corrected chi connectivity index (χ2v) is 10.1. The number of likely N-dealkylation sites (N-methyl/N-ethyl adjacent to an activating group) is 1. The molecular weight excluding hydrogens is 492 g/mol. The standard InChI is InChI=1S/C22H26Cl2FN3O4S/c1-4-19(22(30)26-5-2)27(13-15-6-9-17(25)10-7-15)21(29)14-28(33(3,31)32)20-11-8-16(23)12-18(20)24/h6-12,19H,4-5,13-14H2,1-3H3,(H,26,30)/t19-/m0/s1. The second-order valence-electron chi connectivity index (χ2n) is 7.33. The van der Waals surface area contributed by atoms with Gasteiger partial charge in [-0.3, -0.25) is 13.9 Å². The molecule has 0 aliphatic rings. The highest BCUT2D eigenvalue weighted by molar-refractivity contribution is 7.92. The minimum absolute atomic E-state index is 0.0132. The number of carbonyl (C=O) groups excluding carboxylic acids is 2. The Labute approximate surface area is 203 Å². The van der Waals surface area contributed by atoms with Crippen LogP contribution in [0, 0.1) is 5.82 Å². The van der Waals surface area contributed by atoms with Crippen molar-refractivity contribution in [3.8, 4) is 0 Å². The Bertz CT molecular complexity index is 1100. The molecule has 11 heteroatoms. The molecule has 2 rings (SSSR count). The lowest BCUT2D eigenvalue weighted by Crippen LogP contribution is -2.52. The molecule has 0 aliphatic heterocycles. The minimum atomic E-state index is -3.92. The third kappa shape index (κ3) is 7.31. The van der Waals surface area contributed by atoms with E-state index < -0.39 is 34.3 Å². The van der Waals surface area contributed by atoms with Gasteiger partial charge in [0.15, 0.2) is 0 Å². The Hall–Kier alpha value is -2.36. The number of carbonyl (C=O) groups is 2. The molecule has 0 radical (unpaired) electrons. The van der Waals surface area contributed by atoms with Gasteiger partial charge in [0.1, 0.15) is 18.4 Å². The van der Waals surface area contributed by atoms with E-state index in [2.05, 4.69) is 5.32 Å². The lowest BCUT2D eigenvalue weighted by molar-refractivity contribution is -0.140. The Kier molecular flexibility index (Phi) is 9.51. The Morgan fingerprint density at radius 3 is 2.24 bits per heavy atom. The molecular formula is C22H26Cl2FN3O4S. The van der Waals surface area contributed by atoms with E-state index in [0.717, 1.165) is 10.6 Å². The van der Waals surface area contributed by atoms with E-state index in [1.54, 1.807) is 13.8 Å². The predicted molar refractivity (Wildman–Crippen MR) is 128 cm³/mol. The maximum Gasteiger partial charge on any atom is 0.244 e. The third-order valence-corrected chi connectivity index (χ3v) is 6.53. The molecule has 7 nitrogen and oxygen atoms in total. The van der Waals surface area contributed by atoms with E-state index in [4.69, 9.17) is 23.2 Å². The van der Waals surface area contributed by atoms with E-state index in [1.165, 1.54) is 47.4 Å². The van der Waals surface area contributed by atoms with Crippen molar-refractivity contribution in [1.82, 2.24) is 10.2 Å². The van der Waals surface area contributed by atoms with Gasteiger partial charge in [0.05, 0.1) is 17.0 Å². The largest absolute Gasteiger partial charge is 0.355 e. The van der Waals surface area contributed by atoms with Gasteiger partial charge in [-0.15, -0.1) is 0 Å². The van der Waals surface area contributed by atoms with Gasteiger partial charge in [-0.05, 0) is 49.2 Å². The van der Waals surface area contributed by atoms with Crippen molar-refractivity contribution < 1.29 is 22.4 Å². The SMILES string of the molecule is CCNC(=O)[C@H](CC)N(Cc1ccc(F)cc1)C(=O)CN(c1ccc(Cl)cc1Cl)S(C)(=O)=O. The van der Waals surface area contributed by atoms with Crippen molar-refractivity contribution >= 4 is 50.7 Å². The molecule has 0 aliphatic carbocycles. The average Bonchev–Trinajstić information content (AvgIpc) is 2.73. The van der Waals surface area contributed by atoms with Gasteiger partial charge >= 0.3 is 0 Å². The Balaban J connectivity index is 2.45. The summed E-state index contributed by atoms with van der Waals surface area (Å²) < 4.78 is 39.3. The van der Waals surface area contributed by atoms with Crippen LogP contribution < -0.4 is 9.62 Å². The number of benzene rings is 2. The zero-order valence-electron chi connectivity index (χ0n) is 18.5. The summed E-state index contributed by atoms with van der Waals surface area (Å²) in [5.74, 6) is -1.42. The molecule has 0 aromatic heterocycles. The first-order chi connectivity index (χ1) is 15.5. The van der Waals surface area contributed by atoms with Gasteiger partial charge < -0.3 is 10.2 Å². The molecule has 1 atom stereocenters. The topological polar surface area (TPSA) is 86.8 Å². The summed E-state index contributed by atoms with van der Waals surface area (Å²) in [4.78, 5) is 27.4. The Morgan fingerprint density at radius 1 is 1.09 bits per heavy atom. The highest BCUT2D eigenvalue weighted by atomic mass is 35.5. The first kappa shape index (κ1) is 26.9. The molecule has 180 valence electrons. The number of hydrogen-bond donors (Lipinski definition) is 1. The number of sulfonamides is 1. The van der Waals surface area contributed by atoms with Crippen LogP contribution in [0.1, 0.15) is 25.8 Å². The third-order valence-electron chi connectivity index (χ3n) is 4.86. The van der Waals surface area contributed by atoms with E-state index in [9.17, 15) is 22.4 Å². The summed E-state index contributed by atoms with van der Waals surface area (Å²) in [5, 5.41) is 3.06. The molecule has 0 saturated carbocycles. The molecule has 0 unspecified atom stereocenters. The summed E-state index contributed by atoms with van der Waals surface area (Å²) >= 11 is 12.1. The minimum Gasteiger partial charge on any atom is -0.355 e. The zero-order chi connectivity index (χ0) is 24.8. The van der Waals surface area contributed by atoms with Crippen molar-refractivity contribution in [2.45, 2.75) is 32.9 Å². The molecule has 33 heavy (non-hydrogen) atoms. The quantitative estimate of drug-likeness (QED) is 0.518. The number of nitrogens with zero attached hydrogens (tertiary/aromatic N) is 2. The zero-order valence-corrected chi connectivity index (χ0v) is 20.8. The molecule has 1 N–H and O–H groups in total. The van der Waals surface area contributed by atoms with E-state index in [1.807, 2.05) is 0 Å². The van der Waals surface area contributed by atoms with Crippen molar-refractivity contribution in [3.05, 3.63) is 63.9 Å². The molecule has 2 aromatic carbocycles. The first-order valence-corrected chi connectivity index (χ1v) is 12.8. The van der Waals surface area contributed by atoms with Gasteiger partial charge in [0, 0.05) is 18.1 Å². The average molecular weight is 518 g/mol. The maximum absolute atomic E-state index is 13.4. The highest BCUT2D eigenvalue weighted by Gasteiger charge is 2.32. The van der Waals surface area contributed by atoms with E-state index in [-0.39, 0.29) is 23.2 Å². The van der Waals surface area contributed by atoms with E-state index in [0.29, 0.717) is 23.6 Å². The van der Waals surface area contributed by atoms with Gasteiger partial charge in [0.2, 0.25) is 21.8 Å². The van der Waals surface area contributed by atoms with Crippen molar-refractivity contribution in [1.29, 1.82) is 0 Å². The van der Waals surface area contributed by atoms with Crippen LogP contribution in [0.2, 0.25) is 10.0 Å². The van der Waals surface area contributed by atoms with Crippen LogP contribution in [0.4, 0.5) is 10.1 Å². The number of amides is 2. The monoisotopic (exact) mass is 517 g/mol. The summed E-state index contributed by atoms with van der Waals surface area (Å²) in [6, 6.07) is 8.90. The number of nitrogens with one attached hydrogen (secondary N) is 1. The molecule has 0 spiro atoms. The summed E-state index contributed by atoms with van der Waals surface area (Å²) in [6.07, 6.45) is 1.25. The number of rotatable bonds is 10. The first-order valence-electron chi connectivity index (χ1n) is 10.2. The molecule has 2 aromatic rings. The lowest BCUT2D eigenvalue weighted by Gasteiger charge is -2.33. The molecule has 0 bridgehead atoms. The van der Waals surface area contributed by atoms with Crippen LogP contribution in [0.3, 0.4) is 0 Å². The van der Waals surface area contributed by atoms with Gasteiger partial charge in [0.25, 0.3) is 0 Å². The fourth-order valence-corrected chi connectivity index (χ4v) is 4.70. The summed E-state index contributed by atoms with van der Waals surface area (Å²) in [7, 11) is -3.92. The van der Waals surface area contributed by atoms with Crippen LogP contribution >= 0.6 is 23.2 Å². The molecule has 2 amide bonds. The fourth-order valence-electron chi connectivity index (χ4n) is 3.28. The second kappa shape index (κ2) is 11.7.